The van der Waals surface area contributed by atoms with Crippen molar-refractivity contribution < 1.29 is 14.3 Å². The van der Waals surface area contributed by atoms with Crippen LogP contribution in [0, 0.1) is 0 Å². The number of nitrogens with zero attached hydrogens (tertiary/aromatic N) is 1. The van der Waals surface area contributed by atoms with Crippen molar-refractivity contribution >= 4 is 50.4 Å². The standard InChI is InChI=1S/C14H16BrN3O3S/c1-21-7-6-16-14-18-13(20)11(22-14)8-12(19)17-10-5-3-2-4-9(10)15/h2-5,11H,6-8H2,1H3,(H,17,19)(H,16,18,20). The maximum absolute atomic E-state index is 12.0. The lowest BCUT2D eigenvalue weighted by molar-refractivity contribution is -0.122. The number of thioether (sulfide) groups is 1. The third-order valence-corrected chi connectivity index (χ3v) is 4.66. The molecule has 1 fully saturated rings. The van der Waals surface area contributed by atoms with Gasteiger partial charge in [0.1, 0.15) is 5.25 Å². The van der Waals surface area contributed by atoms with Crippen molar-refractivity contribution in [2.45, 2.75) is 11.7 Å². The minimum absolute atomic E-state index is 0.0983. The fourth-order valence-electron chi connectivity index (χ4n) is 1.79. The van der Waals surface area contributed by atoms with Gasteiger partial charge in [0.15, 0.2) is 5.17 Å². The molecule has 2 N–H and O–H groups in total. The Balaban J connectivity index is 1.88. The van der Waals surface area contributed by atoms with Crippen LogP contribution in [-0.4, -0.2) is 42.5 Å². The molecule has 1 heterocycles. The number of rotatable bonds is 6. The zero-order valence-electron chi connectivity index (χ0n) is 12.0. The Morgan fingerprint density at radius 3 is 3.00 bits per heavy atom. The lowest BCUT2D eigenvalue weighted by atomic mass is 10.2. The summed E-state index contributed by atoms with van der Waals surface area (Å²) in [5, 5.41) is 5.55. The maximum atomic E-state index is 12.0. The van der Waals surface area contributed by atoms with E-state index in [1.165, 1.54) is 11.8 Å². The molecule has 1 atom stereocenters. The van der Waals surface area contributed by atoms with Gasteiger partial charge >= 0.3 is 0 Å². The molecule has 0 aliphatic carbocycles. The third-order valence-electron chi connectivity index (χ3n) is 2.85. The Hall–Kier alpha value is -1.38. The smallest absolute Gasteiger partial charge is 0.240 e. The van der Waals surface area contributed by atoms with E-state index in [-0.39, 0.29) is 18.2 Å². The van der Waals surface area contributed by atoms with Crippen molar-refractivity contribution in [2.75, 3.05) is 25.6 Å². The first-order valence-electron chi connectivity index (χ1n) is 6.65. The summed E-state index contributed by atoms with van der Waals surface area (Å²) in [7, 11) is 1.59. The largest absolute Gasteiger partial charge is 0.383 e. The first-order chi connectivity index (χ1) is 10.6. The topological polar surface area (TPSA) is 79.8 Å². The highest BCUT2D eigenvalue weighted by atomic mass is 79.9. The second-order valence-electron chi connectivity index (χ2n) is 4.51. The van der Waals surface area contributed by atoms with Crippen LogP contribution in [0.2, 0.25) is 0 Å². The molecular formula is C14H16BrN3O3S. The molecule has 0 bridgehead atoms. The minimum atomic E-state index is -0.455. The van der Waals surface area contributed by atoms with E-state index in [0.717, 1.165) is 4.47 Å². The molecule has 1 aliphatic heterocycles. The highest BCUT2D eigenvalue weighted by Crippen LogP contribution is 2.25. The molecule has 0 radical (unpaired) electrons. The number of carbonyl (C=O) groups is 2. The molecule has 8 heteroatoms. The number of benzene rings is 1. The number of methoxy groups -OCH3 is 1. The number of carbonyl (C=O) groups excluding carboxylic acids is 2. The van der Waals surface area contributed by atoms with E-state index in [1.807, 2.05) is 18.2 Å². The molecule has 0 saturated carbocycles. The van der Waals surface area contributed by atoms with Gasteiger partial charge in [0.2, 0.25) is 11.8 Å². The molecule has 1 unspecified atom stereocenters. The summed E-state index contributed by atoms with van der Waals surface area (Å²) in [5.74, 6) is -0.402. The van der Waals surface area contributed by atoms with Gasteiger partial charge in [-0.25, -0.2) is 0 Å². The first kappa shape index (κ1) is 17.0. The third kappa shape index (κ3) is 4.82. The molecule has 0 spiro atoms. The van der Waals surface area contributed by atoms with Crippen LogP contribution in [0.15, 0.2) is 33.7 Å². The first-order valence-corrected chi connectivity index (χ1v) is 8.32. The Labute approximate surface area is 141 Å². The van der Waals surface area contributed by atoms with Crippen LogP contribution in [-0.2, 0) is 14.3 Å². The number of hydrogen-bond acceptors (Lipinski definition) is 5. The van der Waals surface area contributed by atoms with Crippen molar-refractivity contribution in [2.24, 2.45) is 4.99 Å². The normalized spacial score (nSPS) is 19.3. The average molecular weight is 386 g/mol. The maximum Gasteiger partial charge on any atom is 0.240 e. The number of amides is 2. The van der Waals surface area contributed by atoms with Crippen molar-refractivity contribution in [3.8, 4) is 0 Å². The highest BCUT2D eigenvalue weighted by molar-refractivity contribution is 9.10. The second-order valence-corrected chi connectivity index (χ2v) is 6.55. The number of nitrogens with one attached hydrogen (secondary N) is 2. The minimum Gasteiger partial charge on any atom is -0.383 e. The van der Waals surface area contributed by atoms with Gasteiger partial charge < -0.3 is 15.4 Å². The van der Waals surface area contributed by atoms with Gasteiger partial charge in [-0.15, -0.1) is 0 Å². The summed E-state index contributed by atoms with van der Waals surface area (Å²) in [6, 6.07) is 7.33. The van der Waals surface area contributed by atoms with E-state index in [9.17, 15) is 9.59 Å². The van der Waals surface area contributed by atoms with Gasteiger partial charge in [-0.1, -0.05) is 23.9 Å². The van der Waals surface area contributed by atoms with Crippen LogP contribution in [0.3, 0.4) is 0 Å². The van der Waals surface area contributed by atoms with E-state index < -0.39 is 5.25 Å². The summed E-state index contributed by atoms with van der Waals surface area (Å²) in [6.45, 7) is 0.974. The molecule has 6 nitrogen and oxygen atoms in total. The van der Waals surface area contributed by atoms with Crippen LogP contribution < -0.4 is 10.6 Å². The Morgan fingerprint density at radius 1 is 1.50 bits per heavy atom. The predicted molar refractivity (Wildman–Crippen MR) is 91.1 cm³/mol. The van der Waals surface area contributed by atoms with Crippen LogP contribution in [0.1, 0.15) is 6.42 Å². The number of para-hydroxylation sites is 1. The summed E-state index contributed by atoms with van der Waals surface area (Å²) in [6.07, 6.45) is 0.0983. The molecule has 2 amide bonds. The van der Waals surface area contributed by atoms with Crippen LogP contribution in [0.4, 0.5) is 5.69 Å². The summed E-state index contributed by atoms with van der Waals surface area (Å²) >= 11 is 4.64. The van der Waals surface area contributed by atoms with E-state index in [0.29, 0.717) is 24.0 Å². The zero-order valence-corrected chi connectivity index (χ0v) is 14.4. The van der Waals surface area contributed by atoms with Crippen LogP contribution in [0.25, 0.3) is 0 Å². The number of hydrogen-bond donors (Lipinski definition) is 2. The SMILES string of the molecule is COCCN=C1NC(=O)C(CC(=O)Nc2ccccc2Br)S1. The summed E-state index contributed by atoms with van der Waals surface area (Å²) in [5.41, 5.74) is 0.685. The predicted octanol–water partition coefficient (Wildman–Crippen LogP) is 2.01. The molecule has 1 aromatic rings. The lowest BCUT2D eigenvalue weighted by Gasteiger charge is -2.08. The number of amidine groups is 1. The quantitative estimate of drug-likeness (QED) is 0.734. The Bertz CT molecular complexity index is 594. The molecule has 118 valence electrons. The van der Waals surface area contributed by atoms with Gasteiger partial charge in [-0.05, 0) is 28.1 Å². The Morgan fingerprint density at radius 2 is 2.27 bits per heavy atom. The van der Waals surface area contributed by atoms with Crippen molar-refractivity contribution in [1.29, 1.82) is 0 Å². The van der Waals surface area contributed by atoms with Crippen LogP contribution in [0.5, 0.6) is 0 Å². The molecule has 22 heavy (non-hydrogen) atoms. The average Bonchev–Trinajstić information content (AvgIpc) is 2.82. The zero-order chi connectivity index (χ0) is 15.9. The van der Waals surface area contributed by atoms with E-state index in [2.05, 4.69) is 31.6 Å². The number of anilines is 1. The molecule has 1 aromatic carbocycles. The fraction of sp³-hybridized carbons (Fsp3) is 0.357. The molecule has 0 aromatic heterocycles. The number of halogens is 1. The van der Waals surface area contributed by atoms with E-state index in [1.54, 1.807) is 13.2 Å². The molecule has 2 rings (SSSR count). The van der Waals surface area contributed by atoms with Crippen molar-refractivity contribution in [1.82, 2.24) is 5.32 Å². The summed E-state index contributed by atoms with van der Waals surface area (Å²) in [4.78, 5) is 28.1. The molecule has 1 saturated heterocycles. The number of aliphatic imine (C=N–C) groups is 1. The molecular weight excluding hydrogens is 370 g/mol. The van der Waals surface area contributed by atoms with E-state index >= 15 is 0 Å². The monoisotopic (exact) mass is 385 g/mol. The van der Waals surface area contributed by atoms with Crippen LogP contribution >= 0.6 is 27.7 Å². The summed E-state index contributed by atoms with van der Waals surface area (Å²) < 4.78 is 5.70. The van der Waals surface area contributed by atoms with Gasteiger partial charge in [0, 0.05) is 18.0 Å². The fourth-order valence-corrected chi connectivity index (χ4v) is 3.16. The second kappa shape index (κ2) is 8.30. The van der Waals surface area contributed by atoms with Gasteiger partial charge in [0.25, 0.3) is 0 Å². The van der Waals surface area contributed by atoms with Gasteiger partial charge in [-0.3, -0.25) is 14.6 Å². The van der Waals surface area contributed by atoms with Gasteiger partial charge in [-0.2, -0.15) is 0 Å². The van der Waals surface area contributed by atoms with Gasteiger partial charge in [0.05, 0.1) is 18.8 Å². The molecule has 1 aliphatic rings. The van der Waals surface area contributed by atoms with Crippen molar-refractivity contribution in [3.63, 3.8) is 0 Å². The van der Waals surface area contributed by atoms with E-state index in [4.69, 9.17) is 4.74 Å². The Kier molecular flexibility index (Phi) is 6.41. The number of ether oxygens (including phenoxy) is 1. The van der Waals surface area contributed by atoms with Crippen molar-refractivity contribution in [3.05, 3.63) is 28.7 Å². The highest BCUT2D eigenvalue weighted by Gasteiger charge is 2.31. The lowest BCUT2D eigenvalue weighted by Crippen LogP contribution is -2.28.